The van der Waals surface area contributed by atoms with E-state index in [9.17, 15) is 9.18 Å². The molecule has 1 amide bonds. The number of halogens is 2. The van der Waals surface area contributed by atoms with Gasteiger partial charge in [-0.3, -0.25) is 4.79 Å². The standard InChI is InChI=1S/C20H25FN2O.ClH/c1-3-22-14-17-8-4-5-10-19(17)23-20(24)15(2)11-12-16-7-6-9-18(21)13-16;/h4-10,13,15,22H,3,11-12,14H2,1-2H3,(H,23,24);1H. The number of carbonyl (C=O) groups excluding carboxylic acids is 1. The van der Waals surface area contributed by atoms with Crippen molar-refractivity contribution in [2.75, 3.05) is 11.9 Å². The summed E-state index contributed by atoms with van der Waals surface area (Å²) in [7, 11) is 0. The van der Waals surface area contributed by atoms with E-state index < -0.39 is 0 Å². The van der Waals surface area contributed by atoms with E-state index in [4.69, 9.17) is 0 Å². The number of benzene rings is 2. The Hall–Kier alpha value is -1.91. The van der Waals surface area contributed by atoms with Crippen molar-refractivity contribution in [1.29, 1.82) is 0 Å². The molecule has 0 saturated carbocycles. The van der Waals surface area contributed by atoms with Gasteiger partial charge < -0.3 is 10.6 Å². The van der Waals surface area contributed by atoms with E-state index in [1.165, 1.54) is 12.1 Å². The van der Waals surface area contributed by atoms with Crippen LogP contribution in [-0.2, 0) is 17.8 Å². The van der Waals surface area contributed by atoms with Crippen molar-refractivity contribution < 1.29 is 9.18 Å². The van der Waals surface area contributed by atoms with Crippen LogP contribution in [0.2, 0.25) is 0 Å². The summed E-state index contributed by atoms with van der Waals surface area (Å²) in [6, 6.07) is 14.4. The number of para-hydroxylation sites is 1. The van der Waals surface area contributed by atoms with Gasteiger partial charge in [0.1, 0.15) is 5.82 Å². The molecule has 0 bridgehead atoms. The Morgan fingerprint density at radius 2 is 1.92 bits per heavy atom. The highest BCUT2D eigenvalue weighted by molar-refractivity contribution is 5.93. The van der Waals surface area contributed by atoms with Crippen LogP contribution in [-0.4, -0.2) is 12.5 Å². The van der Waals surface area contributed by atoms with Gasteiger partial charge in [-0.15, -0.1) is 12.4 Å². The highest BCUT2D eigenvalue weighted by Crippen LogP contribution is 2.18. The van der Waals surface area contributed by atoms with Gasteiger partial charge in [0.25, 0.3) is 0 Å². The first-order valence-corrected chi connectivity index (χ1v) is 8.44. The maximum atomic E-state index is 13.2. The van der Waals surface area contributed by atoms with Crippen LogP contribution in [0, 0.1) is 11.7 Å². The molecule has 0 heterocycles. The lowest BCUT2D eigenvalue weighted by Gasteiger charge is -2.15. The largest absolute Gasteiger partial charge is 0.326 e. The van der Waals surface area contributed by atoms with E-state index in [1.807, 2.05) is 37.3 Å². The number of rotatable bonds is 8. The number of hydrogen-bond donors (Lipinski definition) is 2. The summed E-state index contributed by atoms with van der Waals surface area (Å²) >= 11 is 0. The van der Waals surface area contributed by atoms with E-state index in [1.54, 1.807) is 6.07 Å². The van der Waals surface area contributed by atoms with Crippen molar-refractivity contribution in [3.05, 3.63) is 65.5 Å². The number of nitrogens with one attached hydrogen (secondary N) is 2. The zero-order valence-corrected chi connectivity index (χ0v) is 15.5. The van der Waals surface area contributed by atoms with Crippen LogP contribution in [0.25, 0.3) is 0 Å². The summed E-state index contributed by atoms with van der Waals surface area (Å²) in [6.45, 7) is 5.56. The Labute approximate surface area is 155 Å². The topological polar surface area (TPSA) is 41.1 Å². The Balaban J connectivity index is 0.00000312. The fraction of sp³-hybridized carbons (Fsp3) is 0.350. The molecule has 1 unspecified atom stereocenters. The van der Waals surface area contributed by atoms with Crippen molar-refractivity contribution in [2.24, 2.45) is 5.92 Å². The molecule has 2 aromatic rings. The number of carbonyl (C=O) groups is 1. The molecule has 3 nitrogen and oxygen atoms in total. The molecule has 0 aliphatic rings. The Bertz CT molecular complexity index is 678. The first-order chi connectivity index (χ1) is 11.6. The van der Waals surface area contributed by atoms with Crippen molar-refractivity contribution in [3.63, 3.8) is 0 Å². The fourth-order valence-corrected chi connectivity index (χ4v) is 2.52. The average molecular weight is 365 g/mol. The van der Waals surface area contributed by atoms with Crippen molar-refractivity contribution in [1.82, 2.24) is 5.32 Å². The minimum Gasteiger partial charge on any atom is -0.326 e. The normalized spacial score (nSPS) is 11.5. The molecule has 2 N–H and O–H groups in total. The van der Waals surface area contributed by atoms with Gasteiger partial charge in [-0.25, -0.2) is 4.39 Å². The van der Waals surface area contributed by atoms with Gasteiger partial charge >= 0.3 is 0 Å². The lowest BCUT2D eigenvalue weighted by atomic mass is 10.00. The van der Waals surface area contributed by atoms with Gasteiger partial charge in [0.2, 0.25) is 5.91 Å². The molecule has 0 saturated heterocycles. The SMILES string of the molecule is CCNCc1ccccc1NC(=O)C(C)CCc1cccc(F)c1.Cl. The highest BCUT2D eigenvalue weighted by atomic mass is 35.5. The quantitative estimate of drug-likeness (QED) is 0.720. The lowest BCUT2D eigenvalue weighted by molar-refractivity contribution is -0.119. The maximum Gasteiger partial charge on any atom is 0.227 e. The molecule has 0 aliphatic carbocycles. The first-order valence-electron chi connectivity index (χ1n) is 8.44. The van der Waals surface area contributed by atoms with Gasteiger partial charge in [0.05, 0.1) is 0 Å². The van der Waals surface area contributed by atoms with Crippen LogP contribution in [0.15, 0.2) is 48.5 Å². The lowest BCUT2D eigenvalue weighted by Crippen LogP contribution is -2.22. The summed E-state index contributed by atoms with van der Waals surface area (Å²) in [4.78, 5) is 12.4. The summed E-state index contributed by atoms with van der Waals surface area (Å²) in [6.07, 6.45) is 1.37. The molecule has 2 aromatic carbocycles. The second-order valence-electron chi connectivity index (χ2n) is 6.00. The van der Waals surface area contributed by atoms with Gasteiger partial charge in [-0.1, -0.05) is 44.2 Å². The molecule has 25 heavy (non-hydrogen) atoms. The third-order valence-electron chi connectivity index (χ3n) is 4.04. The molecule has 0 fully saturated rings. The van der Waals surface area contributed by atoms with E-state index >= 15 is 0 Å². The average Bonchev–Trinajstić information content (AvgIpc) is 2.59. The molecule has 5 heteroatoms. The second-order valence-corrected chi connectivity index (χ2v) is 6.00. The van der Waals surface area contributed by atoms with Crippen LogP contribution in [0.1, 0.15) is 31.4 Å². The monoisotopic (exact) mass is 364 g/mol. The molecular formula is C20H26ClFN2O. The maximum absolute atomic E-state index is 13.2. The molecule has 2 rings (SSSR count). The molecule has 0 aromatic heterocycles. The second kappa shape index (κ2) is 10.9. The van der Waals surface area contributed by atoms with Crippen LogP contribution in [0.4, 0.5) is 10.1 Å². The molecule has 136 valence electrons. The van der Waals surface area contributed by atoms with Gasteiger partial charge in [0.15, 0.2) is 0 Å². The Kier molecular flexibility index (Phi) is 9.17. The summed E-state index contributed by atoms with van der Waals surface area (Å²) in [5.74, 6) is -0.377. The molecule has 0 spiro atoms. The zero-order valence-electron chi connectivity index (χ0n) is 14.7. The van der Waals surface area contributed by atoms with Crippen molar-refractivity contribution in [2.45, 2.75) is 33.2 Å². The van der Waals surface area contributed by atoms with E-state index in [2.05, 4.69) is 17.6 Å². The smallest absolute Gasteiger partial charge is 0.227 e. The van der Waals surface area contributed by atoms with Crippen LogP contribution in [0.5, 0.6) is 0 Å². The predicted octanol–water partition coefficient (Wildman–Crippen LogP) is 4.56. The summed E-state index contributed by atoms with van der Waals surface area (Å²) < 4.78 is 13.2. The third kappa shape index (κ3) is 6.85. The number of anilines is 1. The zero-order chi connectivity index (χ0) is 17.4. The Morgan fingerprint density at radius 3 is 2.64 bits per heavy atom. The summed E-state index contributed by atoms with van der Waals surface area (Å²) in [5.41, 5.74) is 2.84. The highest BCUT2D eigenvalue weighted by Gasteiger charge is 2.14. The minimum absolute atomic E-state index is 0. The van der Waals surface area contributed by atoms with E-state index in [0.29, 0.717) is 12.8 Å². The van der Waals surface area contributed by atoms with Crippen LogP contribution < -0.4 is 10.6 Å². The van der Waals surface area contributed by atoms with E-state index in [-0.39, 0.29) is 30.0 Å². The molecule has 1 atom stereocenters. The van der Waals surface area contributed by atoms with Crippen molar-refractivity contribution in [3.8, 4) is 0 Å². The number of hydrogen-bond acceptors (Lipinski definition) is 2. The van der Waals surface area contributed by atoms with Gasteiger partial charge in [-0.2, -0.15) is 0 Å². The first kappa shape index (κ1) is 21.1. The van der Waals surface area contributed by atoms with Gasteiger partial charge in [-0.05, 0) is 48.7 Å². The Morgan fingerprint density at radius 1 is 1.16 bits per heavy atom. The predicted molar refractivity (Wildman–Crippen MR) is 104 cm³/mol. The third-order valence-corrected chi connectivity index (χ3v) is 4.04. The fourth-order valence-electron chi connectivity index (χ4n) is 2.52. The van der Waals surface area contributed by atoms with Crippen molar-refractivity contribution >= 4 is 24.0 Å². The van der Waals surface area contributed by atoms with Gasteiger partial charge in [0, 0.05) is 18.2 Å². The number of amides is 1. The molecule has 0 aliphatic heterocycles. The molecular weight excluding hydrogens is 339 g/mol. The van der Waals surface area contributed by atoms with Crippen LogP contribution >= 0.6 is 12.4 Å². The minimum atomic E-state index is -0.234. The van der Waals surface area contributed by atoms with E-state index in [0.717, 1.165) is 29.9 Å². The molecule has 0 radical (unpaired) electrons. The number of aryl methyl sites for hydroxylation is 1. The van der Waals surface area contributed by atoms with Crippen LogP contribution in [0.3, 0.4) is 0 Å². The summed E-state index contributed by atoms with van der Waals surface area (Å²) in [5, 5.41) is 6.29.